The van der Waals surface area contributed by atoms with E-state index < -0.39 is 0 Å². The van der Waals surface area contributed by atoms with Crippen LogP contribution in [0.5, 0.6) is 0 Å². The van der Waals surface area contributed by atoms with Crippen LogP contribution < -0.4 is 10.6 Å². The van der Waals surface area contributed by atoms with Crippen LogP contribution in [0.1, 0.15) is 12.8 Å². The molecule has 1 aromatic rings. The van der Waals surface area contributed by atoms with Gasteiger partial charge in [0, 0.05) is 26.8 Å². The van der Waals surface area contributed by atoms with Crippen molar-refractivity contribution in [2.45, 2.75) is 12.8 Å². The maximum Gasteiger partial charge on any atom is 0.130 e. The van der Waals surface area contributed by atoms with Crippen LogP contribution in [0, 0.1) is 5.92 Å². The zero-order valence-electron chi connectivity index (χ0n) is 9.72. The predicted octanol–water partition coefficient (Wildman–Crippen LogP) is 1.53. The van der Waals surface area contributed by atoms with Gasteiger partial charge in [-0.25, -0.2) is 4.98 Å². The fourth-order valence-corrected chi connectivity index (χ4v) is 2.18. The van der Waals surface area contributed by atoms with E-state index in [4.69, 9.17) is 10.5 Å². The van der Waals surface area contributed by atoms with Crippen LogP contribution in [0.2, 0.25) is 0 Å². The molecule has 0 saturated carbocycles. The highest BCUT2D eigenvalue weighted by Gasteiger charge is 2.19. The third-order valence-corrected chi connectivity index (χ3v) is 3.10. The van der Waals surface area contributed by atoms with Gasteiger partial charge in [-0.15, -0.1) is 0 Å². The molecule has 1 aliphatic rings. The summed E-state index contributed by atoms with van der Waals surface area (Å²) in [7, 11) is 1.77. The number of hydrogen-bond donors (Lipinski definition) is 1. The number of piperidine rings is 1. The van der Waals surface area contributed by atoms with E-state index >= 15 is 0 Å². The van der Waals surface area contributed by atoms with Crippen molar-refractivity contribution in [1.82, 2.24) is 4.98 Å². The highest BCUT2D eigenvalue weighted by molar-refractivity contribution is 5.44. The van der Waals surface area contributed by atoms with Gasteiger partial charge in [0.15, 0.2) is 0 Å². The Morgan fingerprint density at radius 3 is 2.81 bits per heavy atom. The van der Waals surface area contributed by atoms with E-state index in [9.17, 15) is 0 Å². The number of rotatable bonds is 3. The van der Waals surface area contributed by atoms with E-state index in [1.54, 1.807) is 7.11 Å². The fraction of sp³-hybridized carbons (Fsp3) is 0.583. The highest BCUT2D eigenvalue weighted by atomic mass is 16.5. The van der Waals surface area contributed by atoms with Crippen molar-refractivity contribution in [2.24, 2.45) is 5.92 Å². The molecule has 1 saturated heterocycles. The Morgan fingerprint density at radius 1 is 1.44 bits per heavy atom. The van der Waals surface area contributed by atoms with Gasteiger partial charge < -0.3 is 15.4 Å². The van der Waals surface area contributed by atoms with Gasteiger partial charge in [0.25, 0.3) is 0 Å². The summed E-state index contributed by atoms with van der Waals surface area (Å²) in [5, 5.41) is 0. The van der Waals surface area contributed by atoms with Gasteiger partial charge in [0.2, 0.25) is 0 Å². The van der Waals surface area contributed by atoms with Gasteiger partial charge in [-0.05, 0) is 30.9 Å². The number of methoxy groups -OCH3 is 1. The Kier molecular flexibility index (Phi) is 3.62. The van der Waals surface area contributed by atoms with Crippen LogP contribution >= 0.6 is 0 Å². The molecule has 4 heteroatoms. The minimum absolute atomic E-state index is 0.594. The van der Waals surface area contributed by atoms with Crippen molar-refractivity contribution >= 4 is 11.6 Å². The molecular weight excluding hydrogens is 202 g/mol. The van der Waals surface area contributed by atoms with Crippen molar-refractivity contribution in [2.75, 3.05) is 37.4 Å². The standard InChI is InChI=1S/C12H19N3O/c1-16-9-10-5-7-15(8-6-10)12-4-2-3-11(13)14-12/h2-4,10H,5-9H2,1H3,(H2,13,14). The summed E-state index contributed by atoms with van der Waals surface area (Å²) < 4.78 is 5.19. The minimum Gasteiger partial charge on any atom is -0.384 e. The number of hydrogen-bond acceptors (Lipinski definition) is 4. The second kappa shape index (κ2) is 5.16. The molecule has 0 aromatic carbocycles. The van der Waals surface area contributed by atoms with Crippen molar-refractivity contribution in [3.05, 3.63) is 18.2 Å². The molecular formula is C12H19N3O. The Bertz CT molecular complexity index is 335. The molecule has 0 amide bonds. The second-order valence-electron chi connectivity index (χ2n) is 4.31. The van der Waals surface area contributed by atoms with Crippen molar-refractivity contribution in [3.63, 3.8) is 0 Å². The number of nitrogens with two attached hydrogens (primary N) is 1. The summed E-state index contributed by atoms with van der Waals surface area (Å²) in [5.41, 5.74) is 5.68. The number of aromatic nitrogens is 1. The largest absolute Gasteiger partial charge is 0.384 e. The third-order valence-electron chi connectivity index (χ3n) is 3.10. The first-order valence-corrected chi connectivity index (χ1v) is 5.76. The van der Waals surface area contributed by atoms with Crippen LogP contribution in [0.25, 0.3) is 0 Å². The molecule has 0 spiro atoms. The normalized spacial score (nSPS) is 17.7. The summed E-state index contributed by atoms with van der Waals surface area (Å²) in [4.78, 5) is 6.63. The van der Waals surface area contributed by atoms with Crippen LogP contribution in [0.4, 0.5) is 11.6 Å². The van der Waals surface area contributed by atoms with E-state index in [0.717, 1.165) is 25.5 Å². The molecule has 1 aromatic heterocycles. The first kappa shape index (κ1) is 11.2. The second-order valence-corrected chi connectivity index (χ2v) is 4.31. The molecule has 2 rings (SSSR count). The van der Waals surface area contributed by atoms with Crippen molar-refractivity contribution in [3.8, 4) is 0 Å². The molecule has 0 radical (unpaired) electrons. The van der Waals surface area contributed by atoms with Crippen molar-refractivity contribution in [1.29, 1.82) is 0 Å². The molecule has 4 nitrogen and oxygen atoms in total. The molecule has 2 N–H and O–H groups in total. The number of nitrogens with zero attached hydrogens (tertiary/aromatic N) is 2. The minimum atomic E-state index is 0.594. The lowest BCUT2D eigenvalue weighted by Crippen LogP contribution is -2.35. The highest BCUT2D eigenvalue weighted by Crippen LogP contribution is 2.22. The third kappa shape index (κ3) is 2.64. The molecule has 1 aliphatic heterocycles. The quantitative estimate of drug-likeness (QED) is 0.841. The number of ether oxygens (including phenoxy) is 1. The molecule has 0 aliphatic carbocycles. The van der Waals surface area contributed by atoms with Gasteiger partial charge in [-0.3, -0.25) is 0 Å². The van der Waals surface area contributed by atoms with Crippen LogP contribution in [-0.2, 0) is 4.74 Å². The van der Waals surface area contributed by atoms with Gasteiger partial charge in [0.05, 0.1) is 0 Å². The lowest BCUT2D eigenvalue weighted by molar-refractivity contribution is 0.139. The lowest BCUT2D eigenvalue weighted by Gasteiger charge is -2.32. The average Bonchev–Trinajstić information content (AvgIpc) is 2.30. The van der Waals surface area contributed by atoms with E-state index in [-0.39, 0.29) is 0 Å². The average molecular weight is 221 g/mol. The molecule has 0 atom stereocenters. The van der Waals surface area contributed by atoms with E-state index in [0.29, 0.717) is 11.7 Å². The van der Waals surface area contributed by atoms with Crippen molar-refractivity contribution < 1.29 is 4.74 Å². The number of anilines is 2. The van der Waals surface area contributed by atoms with Gasteiger partial charge >= 0.3 is 0 Å². The SMILES string of the molecule is COCC1CCN(c2cccc(N)n2)CC1. The van der Waals surface area contributed by atoms with Gasteiger partial charge in [-0.2, -0.15) is 0 Å². The molecule has 1 fully saturated rings. The Hall–Kier alpha value is -1.29. The first-order chi connectivity index (χ1) is 7.79. The topological polar surface area (TPSA) is 51.4 Å². The maximum absolute atomic E-state index is 5.68. The summed E-state index contributed by atoms with van der Waals surface area (Å²) in [6.07, 6.45) is 2.34. The number of pyridine rings is 1. The zero-order valence-corrected chi connectivity index (χ0v) is 9.72. The molecule has 88 valence electrons. The predicted molar refractivity (Wildman–Crippen MR) is 65.5 cm³/mol. The lowest BCUT2D eigenvalue weighted by atomic mass is 9.98. The summed E-state index contributed by atoms with van der Waals surface area (Å²) in [6, 6.07) is 5.80. The fourth-order valence-electron chi connectivity index (χ4n) is 2.18. The van der Waals surface area contributed by atoms with Crippen LogP contribution in [0.3, 0.4) is 0 Å². The van der Waals surface area contributed by atoms with E-state index in [2.05, 4.69) is 9.88 Å². The van der Waals surface area contributed by atoms with Gasteiger partial charge in [0.1, 0.15) is 11.6 Å². The number of nitrogen functional groups attached to an aromatic ring is 1. The maximum atomic E-state index is 5.68. The zero-order chi connectivity index (χ0) is 11.4. The monoisotopic (exact) mass is 221 g/mol. The van der Waals surface area contributed by atoms with Gasteiger partial charge in [-0.1, -0.05) is 6.07 Å². The summed E-state index contributed by atoms with van der Waals surface area (Å²) in [6.45, 7) is 2.97. The molecule has 16 heavy (non-hydrogen) atoms. The smallest absolute Gasteiger partial charge is 0.130 e. The first-order valence-electron chi connectivity index (χ1n) is 5.76. The summed E-state index contributed by atoms with van der Waals surface area (Å²) >= 11 is 0. The molecule has 0 bridgehead atoms. The Morgan fingerprint density at radius 2 is 2.19 bits per heavy atom. The molecule has 0 unspecified atom stereocenters. The van der Waals surface area contributed by atoms with Crippen LogP contribution in [0.15, 0.2) is 18.2 Å². The molecule has 2 heterocycles. The van der Waals surface area contributed by atoms with Crippen LogP contribution in [-0.4, -0.2) is 31.8 Å². The van der Waals surface area contributed by atoms with E-state index in [1.165, 1.54) is 12.8 Å². The Balaban J connectivity index is 1.94. The Labute approximate surface area is 96.4 Å². The summed E-state index contributed by atoms with van der Waals surface area (Å²) in [5.74, 6) is 2.29. The van der Waals surface area contributed by atoms with E-state index in [1.807, 2.05) is 18.2 Å².